The van der Waals surface area contributed by atoms with Gasteiger partial charge in [0.2, 0.25) is 5.91 Å². The van der Waals surface area contributed by atoms with Crippen molar-refractivity contribution in [2.75, 3.05) is 23.4 Å². The van der Waals surface area contributed by atoms with E-state index < -0.39 is 17.8 Å². The number of rotatable bonds is 7. The lowest BCUT2D eigenvalue weighted by Crippen LogP contribution is -2.35. The summed E-state index contributed by atoms with van der Waals surface area (Å²) in [6, 6.07) is 21.2. The van der Waals surface area contributed by atoms with Gasteiger partial charge in [-0.1, -0.05) is 72.0 Å². The molecule has 0 spiro atoms. The zero-order chi connectivity index (χ0) is 28.4. The minimum atomic E-state index is -0.448. The summed E-state index contributed by atoms with van der Waals surface area (Å²) in [5.41, 5.74) is 4.24. The van der Waals surface area contributed by atoms with E-state index >= 15 is 0 Å². The molecule has 0 radical (unpaired) electrons. The molecule has 202 valence electrons. The standard InChI is InChI=1S/C30H25N3O5S2/c1-3-38-29(37)20-12-14-21(15-13-20)31-24(34)17-32-23-7-5-4-6-22(23)25(27(32)35)26-28(36)33(30(39)40-26)16-19-10-8-18(2)9-11-19/h4-15H,3,16-17H2,1-2H3,(H,31,34). The van der Waals surface area contributed by atoms with Crippen molar-refractivity contribution in [3.05, 3.63) is 100.0 Å². The Morgan fingerprint density at radius 2 is 1.62 bits per heavy atom. The first-order valence-corrected chi connectivity index (χ1v) is 13.8. The van der Waals surface area contributed by atoms with Crippen LogP contribution >= 0.6 is 24.0 Å². The Labute approximate surface area is 241 Å². The number of nitrogens with zero attached hydrogens (tertiary/aromatic N) is 2. The molecule has 1 saturated heterocycles. The number of anilines is 2. The molecule has 0 bridgehead atoms. The van der Waals surface area contributed by atoms with Gasteiger partial charge in [0.15, 0.2) is 0 Å². The molecule has 2 heterocycles. The normalized spacial score (nSPS) is 16.4. The van der Waals surface area contributed by atoms with Crippen LogP contribution in [-0.4, -0.2) is 46.1 Å². The topological polar surface area (TPSA) is 96.0 Å². The number of hydrogen-bond acceptors (Lipinski definition) is 7. The van der Waals surface area contributed by atoms with Crippen molar-refractivity contribution < 1.29 is 23.9 Å². The first-order valence-electron chi connectivity index (χ1n) is 12.6. The maximum Gasteiger partial charge on any atom is 0.338 e. The third kappa shape index (κ3) is 5.41. The minimum Gasteiger partial charge on any atom is -0.462 e. The SMILES string of the molecule is CCOC(=O)c1ccc(NC(=O)CN2C(=O)C(=C3SC(=S)N(Cc4ccc(C)cc4)C3=O)c3ccccc32)cc1. The molecule has 10 heteroatoms. The zero-order valence-corrected chi connectivity index (χ0v) is 23.4. The molecule has 2 aliphatic heterocycles. The molecule has 0 unspecified atom stereocenters. The van der Waals surface area contributed by atoms with Gasteiger partial charge in [0.1, 0.15) is 10.9 Å². The maximum atomic E-state index is 13.7. The number of nitrogens with one attached hydrogen (secondary N) is 1. The molecule has 40 heavy (non-hydrogen) atoms. The predicted molar refractivity (Wildman–Crippen MR) is 159 cm³/mol. The fraction of sp³-hybridized carbons (Fsp3) is 0.167. The van der Waals surface area contributed by atoms with Gasteiger partial charge in [0.25, 0.3) is 11.8 Å². The van der Waals surface area contributed by atoms with Gasteiger partial charge in [0, 0.05) is 11.3 Å². The highest BCUT2D eigenvalue weighted by atomic mass is 32.2. The number of benzene rings is 3. The number of thioether (sulfide) groups is 1. The van der Waals surface area contributed by atoms with Crippen LogP contribution in [0.15, 0.2) is 77.7 Å². The van der Waals surface area contributed by atoms with Gasteiger partial charge in [-0.2, -0.15) is 0 Å². The van der Waals surface area contributed by atoms with E-state index in [-0.39, 0.29) is 29.5 Å². The number of carbonyl (C=O) groups excluding carboxylic acids is 4. The highest BCUT2D eigenvalue weighted by Gasteiger charge is 2.42. The van der Waals surface area contributed by atoms with Crippen LogP contribution in [0, 0.1) is 6.92 Å². The van der Waals surface area contributed by atoms with Gasteiger partial charge < -0.3 is 10.1 Å². The minimum absolute atomic E-state index is 0.242. The molecule has 0 atom stereocenters. The molecule has 0 aromatic heterocycles. The molecule has 1 fully saturated rings. The first-order chi connectivity index (χ1) is 19.3. The molecule has 0 aliphatic carbocycles. The molecule has 0 saturated carbocycles. The Balaban J connectivity index is 1.36. The van der Waals surface area contributed by atoms with E-state index in [0.29, 0.717) is 33.4 Å². The van der Waals surface area contributed by atoms with E-state index in [9.17, 15) is 19.2 Å². The van der Waals surface area contributed by atoms with Crippen molar-refractivity contribution in [1.29, 1.82) is 0 Å². The van der Waals surface area contributed by atoms with Crippen LogP contribution in [0.5, 0.6) is 0 Å². The first kappa shape index (κ1) is 27.3. The van der Waals surface area contributed by atoms with Crippen molar-refractivity contribution in [3.63, 3.8) is 0 Å². The number of fused-ring (bicyclic) bond motifs is 1. The van der Waals surface area contributed by atoms with Gasteiger partial charge in [-0.15, -0.1) is 0 Å². The molecular weight excluding hydrogens is 546 g/mol. The average Bonchev–Trinajstić information content (AvgIpc) is 3.37. The molecule has 1 N–H and O–H groups in total. The summed E-state index contributed by atoms with van der Waals surface area (Å²) >= 11 is 6.62. The van der Waals surface area contributed by atoms with E-state index in [4.69, 9.17) is 17.0 Å². The Kier molecular flexibility index (Phi) is 7.81. The van der Waals surface area contributed by atoms with E-state index in [2.05, 4.69) is 5.32 Å². The summed E-state index contributed by atoms with van der Waals surface area (Å²) < 4.78 is 5.35. The number of ether oxygens (including phenoxy) is 1. The zero-order valence-electron chi connectivity index (χ0n) is 21.8. The van der Waals surface area contributed by atoms with E-state index in [1.54, 1.807) is 55.5 Å². The van der Waals surface area contributed by atoms with Gasteiger partial charge in [-0.05, 0) is 49.7 Å². The number of para-hydroxylation sites is 1. The molecular formula is C30H25N3O5S2. The number of esters is 1. The maximum absolute atomic E-state index is 13.7. The Hall–Kier alpha value is -4.28. The van der Waals surface area contributed by atoms with Gasteiger partial charge in [-0.3, -0.25) is 24.2 Å². The number of hydrogen-bond donors (Lipinski definition) is 1. The van der Waals surface area contributed by atoms with Crippen LogP contribution in [-0.2, 0) is 25.7 Å². The van der Waals surface area contributed by atoms with Gasteiger partial charge >= 0.3 is 5.97 Å². The largest absolute Gasteiger partial charge is 0.462 e. The van der Waals surface area contributed by atoms with E-state index in [1.165, 1.54) is 9.80 Å². The second kappa shape index (κ2) is 11.4. The number of amides is 3. The van der Waals surface area contributed by atoms with Crippen LogP contribution < -0.4 is 10.2 Å². The summed E-state index contributed by atoms with van der Waals surface area (Å²) in [6.07, 6.45) is 0. The summed E-state index contributed by atoms with van der Waals surface area (Å²) in [5, 5.41) is 2.75. The van der Waals surface area contributed by atoms with Crippen molar-refractivity contribution in [3.8, 4) is 0 Å². The summed E-state index contributed by atoms with van der Waals surface area (Å²) in [6.45, 7) is 4.02. The van der Waals surface area contributed by atoms with Gasteiger partial charge in [0.05, 0.1) is 34.9 Å². The molecule has 8 nitrogen and oxygen atoms in total. The van der Waals surface area contributed by atoms with Crippen LogP contribution in [0.3, 0.4) is 0 Å². The highest BCUT2D eigenvalue weighted by molar-refractivity contribution is 8.26. The van der Waals surface area contributed by atoms with Gasteiger partial charge in [-0.25, -0.2) is 4.79 Å². The number of aryl methyl sites for hydroxylation is 1. The molecule has 3 amide bonds. The smallest absolute Gasteiger partial charge is 0.338 e. The van der Waals surface area contributed by atoms with Crippen molar-refractivity contribution in [2.24, 2.45) is 0 Å². The van der Waals surface area contributed by atoms with Crippen molar-refractivity contribution in [2.45, 2.75) is 20.4 Å². The van der Waals surface area contributed by atoms with Crippen molar-refractivity contribution in [1.82, 2.24) is 4.90 Å². The number of carbonyl (C=O) groups is 4. The predicted octanol–water partition coefficient (Wildman–Crippen LogP) is 4.93. The highest BCUT2D eigenvalue weighted by Crippen LogP contribution is 2.44. The fourth-order valence-electron chi connectivity index (χ4n) is 4.47. The Bertz CT molecular complexity index is 1560. The lowest BCUT2D eigenvalue weighted by Gasteiger charge is -2.17. The van der Waals surface area contributed by atoms with E-state index in [1.807, 2.05) is 31.2 Å². The number of thiocarbonyl (C=S) groups is 1. The van der Waals surface area contributed by atoms with Crippen LogP contribution in [0.25, 0.3) is 5.57 Å². The molecule has 3 aromatic carbocycles. The lowest BCUT2D eigenvalue weighted by atomic mass is 10.1. The molecule has 2 aliphatic rings. The second-order valence-corrected chi connectivity index (χ2v) is 10.8. The summed E-state index contributed by atoms with van der Waals surface area (Å²) in [5.74, 6) is -1.65. The van der Waals surface area contributed by atoms with Crippen LogP contribution in [0.1, 0.15) is 34.0 Å². The van der Waals surface area contributed by atoms with Crippen molar-refractivity contribution >= 4 is 68.9 Å². The third-order valence-electron chi connectivity index (χ3n) is 6.44. The third-order valence-corrected chi connectivity index (χ3v) is 7.89. The quantitative estimate of drug-likeness (QED) is 0.244. The van der Waals surface area contributed by atoms with E-state index in [0.717, 1.165) is 22.9 Å². The van der Waals surface area contributed by atoms with Crippen LogP contribution in [0.4, 0.5) is 11.4 Å². The average molecular weight is 572 g/mol. The second-order valence-electron chi connectivity index (χ2n) is 9.20. The summed E-state index contributed by atoms with van der Waals surface area (Å²) in [4.78, 5) is 55.1. The molecule has 3 aromatic rings. The monoisotopic (exact) mass is 571 g/mol. The Morgan fingerprint density at radius 3 is 2.33 bits per heavy atom. The summed E-state index contributed by atoms with van der Waals surface area (Å²) in [7, 11) is 0. The fourth-order valence-corrected chi connectivity index (χ4v) is 5.79. The Morgan fingerprint density at radius 1 is 0.925 bits per heavy atom. The molecule has 5 rings (SSSR count). The van der Waals surface area contributed by atoms with Crippen LogP contribution in [0.2, 0.25) is 0 Å². The lowest BCUT2D eigenvalue weighted by molar-refractivity contribution is -0.122.